The lowest BCUT2D eigenvalue weighted by Crippen LogP contribution is -2.57. The second-order valence-corrected chi connectivity index (χ2v) is 9.81. The predicted octanol–water partition coefficient (Wildman–Crippen LogP) is 4.04. The van der Waals surface area contributed by atoms with Gasteiger partial charge >= 0.3 is 6.18 Å². The third kappa shape index (κ3) is 4.40. The minimum absolute atomic E-state index is 0.0754. The number of hydrogen-bond donors (Lipinski definition) is 1. The zero-order valence-corrected chi connectivity index (χ0v) is 19.0. The van der Waals surface area contributed by atoms with Crippen LogP contribution in [0.3, 0.4) is 0 Å². The Morgan fingerprint density at radius 2 is 1.67 bits per heavy atom. The van der Waals surface area contributed by atoms with Crippen LogP contribution in [0.4, 0.5) is 17.6 Å². The molecule has 0 unspecified atom stereocenters. The molecule has 1 aromatic heterocycles. The first kappa shape index (κ1) is 23.8. The molecule has 1 saturated heterocycles. The Bertz CT molecular complexity index is 1030. The van der Waals surface area contributed by atoms with E-state index in [0.717, 1.165) is 10.1 Å². The largest absolute Gasteiger partial charge is 0.431 e. The number of alkyl halides is 3. The van der Waals surface area contributed by atoms with Crippen molar-refractivity contribution in [3.63, 3.8) is 0 Å². The number of amides is 1. The van der Waals surface area contributed by atoms with Crippen molar-refractivity contribution in [1.82, 2.24) is 14.4 Å². The lowest BCUT2D eigenvalue weighted by Gasteiger charge is -2.50. The summed E-state index contributed by atoms with van der Waals surface area (Å²) in [5.74, 6) is -0.999. The van der Waals surface area contributed by atoms with E-state index in [0.29, 0.717) is 50.5 Å². The number of halogens is 4. The molecule has 5 nitrogen and oxygen atoms in total. The van der Waals surface area contributed by atoms with E-state index in [-0.39, 0.29) is 18.1 Å². The third-order valence-electron chi connectivity index (χ3n) is 6.89. The van der Waals surface area contributed by atoms with Gasteiger partial charge < -0.3 is 14.6 Å². The van der Waals surface area contributed by atoms with E-state index in [9.17, 15) is 27.5 Å². The SMILES string of the molecule is CN1CCn2c(C(F)(F)F)cc(F)c2C12CCN(C(=O)c1ccc(CC(C)(C)O)cc1)CC2. The number of likely N-dealkylation sites (N-methyl/N-ethyl adjacent to an activating group) is 1. The molecule has 9 heteroatoms. The van der Waals surface area contributed by atoms with Crippen LogP contribution in [0.25, 0.3) is 0 Å². The van der Waals surface area contributed by atoms with Crippen LogP contribution in [-0.2, 0) is 24.7 Å². The Morgan fingerprint density at radius 3 is 2.21 bits per heavy atom. The van der Waals surface area contributed by atoms with Crippen molar-refractivity contribution in [3.05, 3.63) is 58.7 Å². The molecule has 1 N–H and O–H groups in total. The van der Waals surface area contributed by atoms with Gasteiger partial charge in [-0.25, -0.2) is 4.39 Å². The zero-order valence-electron chi connectivity index (χ0n) is 19.0. The minimum Gasteiger partial charge on any atom is -0.390 e. The number of aliphatic hydroxyl groups is 1. The summed E-state index contributed by atoms with van der Waals surface area (Å²) >= 11 is 0. The fraction of sp³-hybridized carbons (Fsp3) is 0.542. The quantitative estimate of drug-likeness (QED) is 0.694. The fourth-order valence-electron chi connectivity index (χ4n) is 5.25. The van der Waals surface area contributed by atoms with Crippen LogP contribution in [-0.4, -0.2) is 57.7 Å². The molecule has 0 atom stereocenters. The maximum atomic E-state index is 14.9. The zero-order chi connectivity index (χ0) is 24.2. The summed E-state index contributed by atoms with van der Waals surface area (Å²) in [6.07, 6.45) is -3.45. The second kappa shape index (κ2) is 8.13. The van der Waals surface area contributed by atoms with Gasteiger partial charge in [0, 0.05) is 44.2 Å². The normalized spacial score (nSPS) is 19.1. The number of carbonyl (C=O) groups excluding carboxylic acids is 1. The standard InChI is InChI=1S/C24H29F4N3O2/c1-22(2,33)15-16-4-6-17(7-5-16)21(32)30-10-8-23(9-11-30)20-18(25)14-19(24(26,27)28)31(20)13-12-29(23)3/h4-7,14,33H,8-13,15H2,1-3H3. The summed E-state index contributed by atoms with van der Waals surface area (Å²) in [6, 6.07) is 7.67. The first-order chi connectivity index (χ1) is 15.3. The topological polar surface area (TPSA) is 48.7 Å². The first-order valence-electron chi connectivity index (χ1n) is 11.1. The Morgan fingerprint density at radius 1 is 1.06 bits per heavy atom. The molecule has 1 amide bonds. The fourth-order valence-corrected chi connectivity index (χ4v) is 5.25. The molecular weight excluding hydrogens is 438 g/mol. The molecule has 3 heterocycles. The van der Waals surface area contributed by atoms with Crippen molar-refractivity contribution in [2.24, 2.45) is 0 Å². The van der Waals surface area contributed by atoms with Crippen molar-refractivity contribution < 1.29 is 27.5 Å². The number of benzene rings is 1. The number of carbonyl (C=O) groups is 1. The molecule has 1 aromatic carbocycles. The maximum Gasteiger partial charge on any atom is 0.431 e. The Labute approximate surface area is 190 Å². The van der Waals surface area contributed by atoms with E-state index >= 15 is 0 Å². The molecule has 0 radical (unpaired) electrons. The summed E-state index contributed by atoms with van der Waals surface area (Å²) in [6.45, 7) is 4.53. The van der Waals surface area contributed by atoms with E-state index in [1.54, 1.807) is 30.9 Å². The van der Waals surface area contributed by atoms with Crippen LogP contribution in [0.15, 0.2) is 30.3 Å². The van der Waals surface area contributed by atoms with Gasteiger partial charge in [0.05, 0.1) is 16.8 Å². The molecule has 180 valence electrons. The number of likely N-dealkylation sites (tertiary alicyclic amines) is 1. The molecule has 1 fully saturated rings. The van der Waals surface area contributed by atoms with Crippen LogP contribution in [0.2, 0.25) is 0 Å². The minimum atomic E-state index is -4.62. The van der Waals surface area contributed by atoms with Gasteiger partial charge in [0.25, 0.3) is 5.91 Å². The molecule has 0 aliphatic carbocycles. The van der Waals surface area contributed by atoms with E-state index in [4.69, 9.17) is 0 Å². The number of piperidine rings is 1. The van der Waals surface area contributed by atoms with Crippen molar-refractivity contribution >= 4 is 5.91 Å². The van der Waals surface area contributed by atoms with Crippen molar-refractivity contribution in [3.8, 4) is 0 Å². The Hall–Kier alpha value is -2.39. The van der Waals surface area contributed by atoms with Gasteiger partial charge in [-0.15, -0.1) is 0 Å². The predicted molar refractivity (Wildman–Crippen MR) is 115 cm³/mol. The lowest BCUT2D eigenvalue weighted by atomic mass is 9.81. The highest BCUT2D eigenvalue weighted by Gasteiger charge is 2.49. The maximum absolute atomic E-state index is 14.9. The van der Waals surface area contributed by atoms with Crippen LogP contribution in [0.1, 0.15) is 54.0 Å². The Kier molecular flexibility index (Phi) is 5.85. The van der Waals surface area contributed by atoms with Crippen LogP contribution >= 0.6 is 0 Å². The van der Waals surface area contributed by atoms with Crippen molar-refractivity contribution in [1.29, 1.82) is 0 Å². The average molecular weight is 468 g/mol. The average Bonchev–Trinajstić information content (AvgIpc) is 3.08. The van der Waals surface area contributed by atoms with Gasteiger partial charge in [-0.05, 0) is 51.4 Å². The Balaban J connectivity index is 1.53. The van der Waals surface area contributed by atoms with Crippen LogP contribution < -0.4 is 0 Å². The molecule has 33 heavy (non-hydrogen) atoms. The molecule has 0 saturated carbocycles. The number of nitrogens with zero attached hydrogens (tertiary/aromatic N) is 3. The van der Waals surface area contributed by atoms with Gasteiger partial charge in [0.1, 0.15) is 11.5 Å². The van der Waals surface area contributed by atoms with Crippen molar-refractivity contribution in [2.45, 2.75) is 57.0 Å². The van der Waals surface area contributed by atoms with E-state index < -0.39 is 28.8 Å². The first-order valence-corrected chi connectivity index (χ1v) is 11.1. The number of fused-ring (bicyclic) bond motifs is 2. The number of rotatable bonds is 3. The van der Waals surface area contributed by atoms with Gasteiger partial charge in [0.15, 0.2) is 0 Å². The molecule has 2 aliphatic rings. The third-order valence-corrected chi connectivity index (χ3v) is 6.89. The van der Waals surface area contributed by atoms with E-state index in [2.05, 4.69) is 0 Å². The highest BCUT2D eigenvalue weighted by Crippen LogP contribution is 2.45. The van der Waals surface area contributed by atoms with Crippen molar-refractivity contribution in [2.75, 3.05) is 26.7 Å². The van der Waals surface area contributed by atoms with Gasteiger partial charge in [0.2, 0.25) is 0 Å². The van der Waals surface area contributed by atoms with E-state index in [1.165, 1.54) is 0 Å². The van der Waals surface area contributed by atoms with E-state index in [1.807, 2.05) is 24.1 Å². The summed E-state index contributed by atoms with van der Waals surface area (Å²) in [5.41, 5.74) is -1.18. The highest BCUT2D eigenvalue weighted by atomic mass is 19.4. The number of aromatic nitrogens is 1. The van der Waals surface area contributed by atoms with Crippen LogP contribution in [0, 0.1) is 5.82 Å². The number of hydrogen-bond acceptors (Lipinski definition) is 3. The van der Waals surface area contributed by atoms with Gasteiger partial charge in [-0.1, -0.05) is 12.1 Å². The smallest absolute Gasteiger partial charge is 0.390 e. The summed E-state index contributed by atoms with van der Waals surface area (Å²) in [7, 11) is 1.81. The van der Waals surface area contributed by atoms with Gasteiger partial charge in [-0.2, -0.15) is 13.2 Å². The summed E-state index contributed by atoms with van der Waals surface area (Å²) in [4.78, 5) is 16.6. The second-order valence-electron chi connectivity index (χ2n) is 9.81. The molecule has 4 rings (SSSR count). The molecule has 2 aliphatic heterocycles. The van der Waals surface area contributed by atoms with Crippen LogP contribution in [0.5, 0.6) is 0 Å². The molecular formula is C24H29F4N3O2. The molecule has 0 bridgehead atoms. The lowest BCUT2D eigenvalue weighted by molar-refractivity contribution is -0.144. The van der Waals surface area contributed by atoms with Gasteiger partial charge in [-0.3, -0.25) is 9.69 Å². The highest BCUT2D eigenvalue weighted by molar-refractivity contribution is 5.94. The molecule has 1 spiro atoms. The monoisotopic (exact) mass is 467 g/mol. The summed E-state index contributed by atoms with van der Waals surface area (Å²) < 4.78 is 56.3. The summed E-state index contributed by atoms with van der Waals surface area (Å²) in [5, 5.41) is 9.96. The molecule has 2 aromatic rings.